The van der Waals surface area contributed by atoms with Gasteiger partial charge in [0.25, 0.3) is 0 Å². The Balaban J connectivity index is 1.53. The smallest absolute Gasteiger partial charge is 0.336 e. The van der Waals surface area contributed by atoms with Gasteiger partial charge in [-0.1, -0.05) is 0 Å². The van der Waals surface area contributed by atoms with Crippen molar-refractivity contribution in [1.29, 1.82) is 0 Å². The van der Waals surface area contributed by atoms with E-state index in [0.717, 1.165) is 56.3 Å². The second kappa shape index (κ2) is 7.23. The summed E-state index contributed by atoms with van der Waals surface area (Å²) in [5.74, 6) is -0.0347. The minimum absolute atomic E-state index is 0.0274. The van der Waals surface area contributed by atoms with Gasteiger partial charge < -0.3 is 14.1 Å². The molecule has 0 spiro atoms. The van der Waals surface area contributed by atoms with Crippen molar-refractivity contribution in [3.63, 3.8) is 0 Å². The Labute approximate surface area is 152 Å². The second-order valence-electron chi connectivity index (χ2n) is 7.51. The van der Waals surface area contributed by atoms with Gasteiger partial charge in [-0.05, 0) is 49.4 Å². The quantitative estimate of drug-likeness (QED) is 0.668. The molecule has 1 aromatic carbocycles. The minimum atomic E-state index is -0.272. The maximum atomic E-state index is 12.0. The van der Waals surface area contributed by atoms with Gasteiger partial charge in [-0.3, -0.25) is 4.79 Å². The van der Waals surface area contributed by atoms with Crippen LogP contribution in [0.1, 0.15) is 42.9 Å². The molecule has 138 valence electrons. The number of carbonyl (C=O) groups is 1. The van der Waals surface area contributed by atoms with Gasteiger partial charge in [-0.25, -0.2) is 4.79 Å². The molecule has 4 rings (SSSR count). The first-order valence-corrected chi connectivity index (χ1v) is 9.72. The molecule has 5 nitrogen and oxygen atoms in total. The number of piperidine rings is 1. The SMILES string of the molecule is CCOC(=O)C1CC[NH+](Cc2cc(=O)oc3cc4c(cc23)CCC4)CC1. The summed E-state index contributed by atoms with van der Waals surface area (Å²) in [5.41, 5.74) is 4.22. The Morgan fingerprint density at radius 2 is 1.92 bits per heavy atom. The van der Waals surface area contributed by atoms with Crippen LogP contribution in [-0.2, 0) is 28.9 Å². The molecule has 1 aliphatic heterocycles. The lowest BCUT2D eigenvalue weighted by molar-refractivity contribution is -0.919. The molecule has 2 aliphatic rings. The zero-order chi connectivity index (χ0) is 18.1. The number of nitrogens with one attached hydrogen (secondary N) is 1. The first kappa shape index (κ1) is 17.3. The number of rotatable bonds is 4. The fourth-order valence-electron chi connectivity index (χ4n) is 4.41. The molecule has 26 heavy (non-hydrogen) atoms. The number of aryl methyl sites for hydroxylation is 2. The van der Waals surface area contributed by atoms with Crippen LogP contribution in [0.3, 0.4) is 0 Å². The highest BCUT2D eigenvalue weighted by atomic mass is 16.5. The first-order chi connectivity index (χ1) is 12.6. The highest BCUT2D eigenvalue weighted by molar-refractivity contribution is 5.82. The van der Waals surface area contributed by atoms with Crippen LogP contribution < -0.4 is 10.5 Å². The fourth-order valence-corrected chi connectivity index (χ4v) is 4.41. The lowest BCUT2D eigenvalue weighted by Gasteiger charge is -2.28. The number of benzene rings is 1. The molecule has 0 amide bonds. The topological polar surface area (TPSA) is 61.0 Å². The zero-order valence-electron chi connectivity index (χ0n) is 15.3. The van der Waals surface area contributed by atoms with Gasteiger partial charge in [0.05, 0.1) is 25.6 Å². The third-order valence-corrected chi connectivity index (χ3v) is 5.80. The van der Waals surface area contributed by atoms with Gasteiger partial charge in [0.2, 0.25) is 0 Å². The summed E-state index contributed by atoms with van der Waals surface area (Å²) in [7, 11) is 0. The normalized spacial score (nSPS) is 22.3. The highest BCUT2D eigenvalue weighted by Gasteiger charge is 2.29. The monoisotopic (exact) mass is 356 g/mol. The summed E-state index contributed by atoms with van der Waals surface area (Å²) in [6.45, 7) is 4.95. The average molecular weight is 356 g/mol. The molecule has 1 fully saturated rings. The van der Waals surface area contributed by atoms with E-state index in [1.54, 1.807) is 6.07 Å². The number of esters is 1. The summed E-state index contributed by atoms with van der Waals surface area (Å²) in [6.07, 6.45) is 5.07. The van der Waals surface area contributed by atoms with Gasteiger partial charge >= 0.3 is 11.6 Å². The van der Waals surface area contributed by atoms with Crippen molar-refractivity contribution in [3.05, 3.63) is 45.3 Å². The van der Waals surface area contributed by atoms with Crippen LogP contribution in [0.2, 0.25) is 0 Å². The van der Waals surface area contributed by atoms with Crippen molar-refractivity contribution in [1.82, 2.24) is 0 Å². The van der Waals surface area contributed by atoms with Crippen molar-refractivity contribution in [2.75, 3.05) is 19.7 Å². The Kier molecular flexibility index (Phi) is 4.81. The molecule has 0 atom stereocenters. The van der Waals surface area contributed by atoms with Crippen molar-refractivity contribution in [3.8, 4) is 0 Å². The van der Waals surface area contributed by atoms with Crippen molar-refractivity contribution in [2.24, 2.45) is 5.92 Å². The number of hydrogen-bond acceptors (Lipinski definition) is 4. The largest absolute Gasteiger partial charge is 0.466 e. The van der Waals surface area contributed by atoms with E-state index in [0.29, 0.717) is 12.2 Å². The molecule has 0 unspecified atom stereocenters. The zero-order valence-corrected chi connectivity index (χ0v) is 15.3. The third kappa shape index (κ3) is 3.40. The number of fused-ring (bicyclic) bond motifs is 2. The molecule has 2 heterocycles. The van der Waals surface area contributed by atoms with Crippen molar-refractivity contribution in [2.45, 2.75) is 45.6 Å². The van der Waals surface area contributed by atoms with Gasteiger partial charge in [-0.15, -0.1) is 0 Å². The van der Waals surface area contributed by atoms with Gasteiger partial charge in [0.15, 0.2) is 0 Å². The van der Waals surface area contributed by atoms with Crippen LogP contribution in [0.4, 0.5) is 0 Å². The predicted molar refractivity (Wildman–Crippen MR) is 98.3 cm³/mol. The molecule has 1 saturated heterocycles. The third-order valence-electron chi connectivity index (χ3n) is 5.80. The van der Waals surface area contributed by atoms with E-state index in [1.165, 1.54) is 22.4 Å². The molecule has 1 N–H and O–H groups in total. The van der Waals surface area contributed by atoms with Gasteiger partial charge in [0.1, 0.15) is 12.1 Å². The van der Waals surface area contributed by atoms with Crippen molar-refractivity contribution < 1.29 is 18.8 Å². The number of ether oxygens (including phenoxy) is 1. The molecule has 2 aromatic rings. The van der Waals surface area contributed by atoms with Crippen LogP contribution in [0.15, 0.2) is 27.4 Å². The van der Waals surface area contributed by atoms with Crippen LogP contribution in [0.5, 0.6) is 0 Å². The van der Waals surface area contributed by atoms with Crippen LogP contribution in [0, 0.1) is 5.92 Å². The van der Waals surface area contributed by atoms with Crippen LogP contribution >= 0.6 is 0 Å². The lowest BCUT2D eigenvalue weighted by atomic mass is 9.96. The second-order valence-corrected chi connectivity index (χ2v) is 7.51. The Morgan fingerprint density at radius 3 is 2.65 bits per heavy atom. The average Bonchev–Trinajstić information content (AvgIpc) is 3.08. The number of hydrogen-bond donors (Lipinski definition) is 1. The maximum Gasteiger partial charge on any atom is 0.336 e. The number of quaternary nitrogens is 1. The van der Waals surface area contributed by atoms with E-state index in [1.807, 2.05) is 6.92 Å². The maximum absolute atomic E-state index is 12.0. The molecule has 5 heteroatoms. The van der Waals surface area contributed by atoms with Crippen LogP contribution in [0.25, 0.3) is 11.0 Å². The first-order valence-electron chi connectivity index (χ1n) is 9.72. The fraction of sp³-hybridized carbons (Fsp3) is 0.524. The standard InChI is InChI=1S/C21H25NO4/c1-2-25-21(24)14-6-8-22(9-7-14)13-17-12-20(23)26-19-11-16-5-3-4-15(16)10-18(17)19/h10-12,14H,2-9,13H2,1H3/p+1. The van der Waals surface area contributed by atoms with Crippen LogP contribution in [-0.4, -0.2) is 25.7 Å². The minimum Gasteiger partial charge on any atom is -0.466 e. The molecular formula is C21H26NO4+. The molecule has 0 saturated carbocycles. The Morgan fingerprint density at radius 1 is 1.19 bits per heavy atom. The molecule has 1 aliphatic carbocycles. The van der Waals surface area contributed by atoms with E-state index < -0.39 is 0 Å². The predicted octanol–water partition coefficient (Wildman–Crippen LogP) is 1.64. The van der Waals surface area contributed by atoms with E-state index in [2.05, 4.69) is 12.1 Å². The molecule has 1 aromatic heterocycles. The number of likely N-dealkylation sites (tertiary alicyclic amines) is 1. The van der Waals surface area contributed by atoms with E-state index >= 15 is 0 Å². The van der Waals surface area contributed by atoms with Crippen molar-refractivity contribution >= 4 is 16.9 Å². The Bertz CT molecular complexity index is 877. The molecular weight excluding hydrogens is 330 g/mol. The summed E-state index contributed by atoms with van der Waals surface area (Å²) in [5, 5.41) is 1.07. The lowest BCUT2D eigenvalue weighted by Crippen LogP contribution is -3.11. The summed E-state index contributed by atoms with van der Waals surface area (Å²) in [4.78, 5) is 25.3. The highest BCUT2D eigenvalue weighted by Crippen LogP contribution is 2.28. The summed E-state index contributed by atoms with van der Waals surface area (Å²) in [6, 6.07) is 5.93. The van der Waals surface area contributed by atoms with Gasteiger partial charge in [0, 0.05) is 29.9 Å². The molecule has 0 bridgehead atoms. The van der Waals surface area contributed by atoms with E-state index in [4.69, 9.17) is 9.15 Å². The molecule has 0 radical (unpaired) electrons. The summed E-state index contributed by atoms with van der Waals surface area (Å²) >= 11 is 0. The van der Waals surface area contributed by atoms with E-state index in [9.17, 15) is 9.59 Å². The Hall–Kier alpha value is -2.14. The van der Waals surface area contributed by atoms with E-state index in [-0.39, 0.29) is 17.5 Å². The van der Waals surface area contributed by atoms with Gasteiger partial charge in [-0.2, -0.15) is 0 Å². The number of carbonyl (C=O) groups excluding carboxylic acids is 1. The summed E-state index contributed by atoms with van der Waals surface area (Å²) < 4.78 is 10.6.